The number of nitrogens with two attached hydrogens (primary N) is 1. The molecule has 1 aliphatic heterocycles. The fourth-order valence-electron chi connectivity index (χ4n) is 4.54. The minimum Gasteiger partial charge on any atom is -0.493 e. The molecule has 1 amide bonds. The van der Waals surface area contributed by atoms with Crippen LogP contribution in [0.4, 0.5) is 4.39 Å². The second-order valence-electron chi connectivity index (χ2n) is 8.17. The van der Waals surface area contributed by atoms with E-state index in [1.807, 2.05) is 18.2 Å². The van der Waals surface area contributed by atoms with Crippen LogP contribution in [0.15, 0.2) is 42.5 Å². The Kier molecular flexibility index (Phi) is 6.83. The maximum atomic E-state index is 13.4. The Morgan fingerprint density at radius 1 is 1.18 bits per heavy atom. The number of benzene rings is 2. The van der Waals surface area contributed by atoms with Crippen LogP contribution in [-0.4, -0.2) is 53.4 Å². The first-order chi connectivity index (χ1) is 16.0. The number of para-hydroxylation sites is 1. The van der Waals surface area contributed by atoms with E-state index in [9.17, 15) is 9.18 Å². The Bertz CT molecular complexity index is 1100. The van der Waals surface area contributed by atoms with Crippen LogP contribution in [0.1, 0.15) is 35.8 Å². The largest absolute Gasteiger partial charge is 0.493 e. The molecule has 10 heteroatoms. The lowest BCUT2D eigenvalue weighted by Crippen LogP contribution is -3.13. The number of hydrogen-bond donors (Lipinski definition) is 2. The highest BCUT2D eigenvalue weighted by Gasteiger charge is 2.38. The number of piperidine rings is 1. The highest BCUT2D eigenvalue weighted by atomic mass is 19.1. The molecule has 0 unspecified atom stereocenters. The maximum Gasteiger partial charge on any atom is 0.220 e. The van der Waals surface area contributed by atoms with Gasteiger partial charge in [-0.3, -0.25) is 4.79 Å². The molecule has 9 nitrogen and oxygen atoms in total. The van der Waals surface area contributed by atoms with Gasteiger partial charge in [0.05, 0.1) is 39.4 Å². The van der Waals surface area contributed by atoms with E-state index < -0.39 is 0 Å². The van der Waals surface area contributed by atoms with Crippen molar-refractivity contribution in [2.45, 2.75) is 25.4 Å². The summed E-state index contributed by atoms with van der Waals surface area (Å²) >= 11 is 0. The molecule has 0 saturated carbocycles. The SMILES string of the molecule is COc1cccc([C@@H](c2nnnn2Cc2ccc(F)cc2)[NH+]2CCC(C(N)=O)CC2)c1OC. The van der Waals surface area contributed by atoms with Crippen LogP contribution in [0, 0.1) is 11.7 Å². The first-order valence-corrected chi connectivity index (χ1v) is 10.9. The monoisotopic (exact) mass is 455 g/mol. The van der Waals surface area contributed by atoms with E-state index in [0.717, 1.165) is 24.2 Å². The molecule has 1 saturated heterocycles. The van der Waals surface area contributed by atoms with E-state index in [2.05, 4.69) is 15.5 Å². The van der Waals surface area contributed by atoms with Gasteiger partial charge < -0.3 is 20.1 Å². The second kappa shape index (κ2) is 9.95. The fraction of sp³-hybridized carbons (Fsp3) is 0.391. The standard InChI is InChI=1S/C23H27FN6O3/c1-32-19-5-3-4-18(21(19)33-2)20(29-12-10-16(11-13-29)22(25)31)23-26-27-28-30(23)14-15-6-8-17(24)9-7-15/h3-9,16,20H,10-14H2,1-2H3,(H2,25,31)/p+1/t20-/m0/s1. The van der Waals surface area contributed by atoms with Crippen molar-refractivity contribution in [1.29, 1.82) is 0 Å². The molecule has 2 aromatic carbocycles. The smallest absolute Gasteiger partial charge is 0.220 e. The molecule has 1 fully saturated rings. The van der Waals surface area contributed by atoms with Crippen LogP contribution in [0.25, 0.3) is 0 Å². The number of quaternary nitrogens is 1. The number of rotatable bonds is 8. The van der Waals surface area contributed by atoms with Gasteiger partial charge in [0.15, 0.2) is 17.5 Å². The Balaban J connectivity index is 1.74. The molecule has 1 atom stereocenters. The van der Waals surface area contributed by atoms with Crippen molar-refractivity contribution in [3.05, 3.63) is 65.2 Å². The molecular formula is C23H28FN6O3+. The number of aromatic nitrogens is 4. The van der Waals surface area contributed by atoms with Gasteiger partial charge in [0.2, 0.25) is 11.7 Å². The number of hydrogen-bond acceptors (Lipinski definition) is 6. The third-order valence-electron chi connectivity index (χ3n) is 6.25. The summed E-state index contributed by atoms with van der Waals surface area (Å²) in [5, 5.41) is 12.6. The van der Waals surface area contributed by atoms with Crippen LogP contribution in [0.5, 0.6) is 11.5 Å². The van der Waals surface area contributed by atoms with Crippen molar-refractivity contribution in [3.8, 4) is 11.5 Å². The number of halogens is 1. The average Bonchev–Trinajstić information content (AvgIpc) is 3.28. The normalized spacial score (nSPS) is 19.1. The molecule has 0 radical (unpaired) electrons. The fourth-order valence-corrected chi connectivity index (χ4v) is 4.54. The number of carbonyl (C=O) groups excluding carboxylic acids is 1. The van der Waals surface area contributed by atoms with Crippen LogP contribution in [-0.2, 0) is 11.3 Å². The van der Waals surface area contributed by atoms with E-state index in [1.54, 1.807) is 31.0 Å². The van der Waals surface area contributed by atoms with Gasteiger partial charge in [-0.2, -0.15) is 0 Å². The topological polar surface area (TPSA) is 110 Å². The molecule has 0 spiro atoms. The van der Waals surface area contributed by atoms with Gasteiger partial charge in [-0.15, -0.1) is 5.10 Å². The molecule has 3 aromatic rings. The number of nitrogens with one attached hydrogen (secondary N) is 1. The minimum atomic E-state index is -0.295. The van der Waals surface area contributed by atoms with E-state index >= 15 is 0 Å². The quantitative estimate of drug-likeness (QED) is 0.519. The third-order valence-corrected chi connectivity index (χ3v) is 6.25. The molecule has 174 valence electrons. The van der Waals surface area contributed by atoms with Crippen molar-refractivity contribution < 1.29 is 23.6 Å². The molecule has 0 aliphatic carbocycles. The summed E-state index contributed by atoms with van der Waals surface area (Å²) in [7, 11) is 3.20. The Morgan fingerprint density at radius 3 is 2.55 bits per heavy atom. The number of likely N-dealkylation sites (tertiary alicyclic amines) is 1. The molecule has 33 heavy (non-hydrogen) atoms. The number of amides is 1. The Hall–Kier alpha value is -3.53. The van der Waals surface area contributed by atoms with Crippen LogP contribution >= 0.6 is 0 Å². The van der Waals surface area contributed by atoms with Gasteiger partial charge in [-0.25, -0.2) is 9.07 Å². The summed E-state index contributed by atoms with van der Waals surface area (Å²) in [6.45, 7) is 1.84. The molecule has 3 N–H and O–H groups in total. The molecule has 0 bridgehead atoms. The summed E-state index contributed by atoms with van der Waals surface area (Å²) in [4.78, 5) is 12.9. The first kappa shape index (κ1) is 22.7. The third kappa shape index (κ3) is 4.80. The zero-order valence-electron chi connectivity index (χ0n) is 18.7. The molecular weight excluding hydrogens is 427 g/mol. The minimum absolute atomic E-state index is 0.128. The van der Waals surface area contributed by atoms with Gasteiger partial charge in [0, 0.05) is 18.8 Å². The van der Waals surface area contributed by atoms with Crippen LogP contribution in [0.3, 0.4) is 0 Å². The van der Waals surface area contributed by atoms with Gasteiger partial charge in [0.25, 0.3) is 0 Å². The van der Waals surface area contributed by atoms with Crippen molar-refractivity contribution in [2.24, 2.45) is 11.7 Å². The van der Waals surface area contributed by atoms with E-state index in [1.165, 1.54) is 17.0 Å². The van der Waals surface area contributed by atoms with Gasteiger partial charge in [0.1, 0.15) is 5.82 Å². The molecule has 4 rings (SSSR count). The number of ether oxygens (including phenoxy) is 2. The first-order valence-electron chi connectivity index (χ1n) is 10.9. The average molecular weight is 456 g/mol. The maximum absolute atomic E-state index is 13.4. The number of primary amides is 1. The molecule has 1 aromatic heterocycles. The Labute approximate surface area is 191 Å². The summed E-state index contributed by atoms with van der Waals surface area (Å²) in [5.74, 6) is 1.20. The van der Waals surface area contributed by atoms with E-state index in [4.69, 9.17) is 15.2 Å². The highest BCUT2D eigenvalue weighted by Crippen LogP contribution is 2.36. The highest BCUT2D eigenvalue weighted by molar-refractivity contribution is 5.76. The number of carbonyl (C=O) groups is 1. The van der Waals surface area contributed by atoms with E-state index in [0.29, 0.717) is 36.7 Å². The lowest BCUT2D eigenvalue weighted by molar-refractivity contribution is -0.931. The lowest BCUT2D eigenvalue weighted by Gasteiger charge is -2.34. The molecule has 1 aliphatic rings. The summed E-state index contributed by atoms with van der Waals surface area (Å²) in [6.07, 6.45) is 1.37. The number of nitrogens with zero attached hydrogens (tertiary/aromatic N) is 4. The number of methoxy groups -OCH3 is 2. The number of tetrazole rings is 1. The van der Waals surface area contributed by atoms with E-state index in [-0.39, 0.29) is 23.7 Å². The van der Waals surface area contributed by atoms with Gasteiger partial charge in [-0.05, 0) is 40.3 Å². The zero-order valence-corrected chi connectivity index (χ0v) is 18.7. The van der Waals surface area contributed by atoms with Crippen molar-refractivity contribution in [2.75, 3.05) is 27.3 Å². The zero-order chi connectivity index (χ0) is 23.4. The predicted molar refractivity (Wildman–Crippen MR) is 117 cm³/mol. The van der Waals surface area contributed by atoms with Crippen molar-refractivity contribution in [3.63, 3.8) is 0 Å². The second-order valence-corrected chi connectivity index (χ2v) is 8.17. The van der Waals surface area contributed by atoms with Crippen LogP contribution in [0.2, 0.25) is 0 Å². The summed E-state index contributed by atoms with van der Waals surface area (Å²) in [5.41, 5.74) is 7.32. The summed E-state index contributed by atoms with van der Waals surface area (Å²) in [6, 6.07) is 11.7. The lowest BCUT2D eigenvalue weighted by atomic mass is 9.93. The van der Waals surface area contributed by atoms with Gasteiger partial charge in [-0.1, -0.05) is 18.2 Å². The van der Waals surface area contributed by atoms with Gasteiger partial charge >= 0.3 is 0 Å². The van der Waals surface area contributed by atoms with Crippen molar-refractivity contribution in [1.82, 2.24) is 20.2 Å². The Morgan fingerprint density at radius 2 is 1.91 bits per heavy atom. The van der Waals surface area contributed by atoms with Crippen molar-refractivity contribution >= 4 is 5.91 Å². The van der Waals surface area contributed by atoms with Crippen LogP contribution < -0.4 is 20.1 Å². The summed E-state index contributed by atoms with van der Waals surface area (Å²) < 4.78 is 26.4. The molecule has 2 heterocycles. The predicted octanol–water partition coefficient (Wildman–Crippen LogP) is 0.747.